The van der Waals surface area contributed by atoms with Crippen molar-refractivity contribution >= 4 is 11.9 Å². The summed E-state index contributed by atoms with van der Waals surface area (Å²) in [5.41, 5.74) is 5.37. The number of carbonyl (C=O) groups is 2. The number of hydrogen-bond donors (Lipinski definition) is 3. The van der Waals surface area contributed by atoms with Gasteiger partial charge in [-0.1, -0.05) is 17.3 Å². The number of nitrogens with one attached hydrogen (secondary N) is 1. The van der Waals surface area contributed by atoms with Crippen molar-refractivity contribution in [3.63, 3.8) is 0 Å². The predicted octanol–water partition coefficient (Wildman–Crippen LogP) is 0.655. The summed E-state index contributed by atoms with van der Waals surface area (Å²) >= 11 is 0. The average Bonchev–Trinajstić information content (AvgIpc) is 3.45. The molecule has 1 radical (unpaired) electrons. The van der Waals surface area contributed by atoms with E-state index in [1.165, 1.54) is 0 Å². The van der Waals surface area contributed by atoms with Crippen LogP contribution in [0.5, 0.6) is 0 Å². The number of hydrogen-bond acceptors (Lipinski definition) is 11. The van der Waals surface area contributed by atoms with E-state index < -0.39 is 11.9 Å². The first kappa shape index (κ1) is 35.7. The third kappa shape index (κ3) is 9.97. The van der Waals surface area contributed by atoms with E-state index in [1.54, 1.807) is 0 Å². The monoisotopic (exact) mass is 807 g/mol. The summed E-state index contributed by atoms with van der Waals surface area (Å²) in [5.74, 6) is -1.41. The Morgan fingerprint density at radius 2 is 1.23 bits per heavy atom. The molecule has 0 atom stereocenters. The van der Waals surface area contributed by atoms with Crippen LogP contribution in [0, 0.1) is 36.9 Å². The van der Waals surface area contributed by atoms with Crippen LogP contribution >= 0.6 is 0 Å². The molecule has 0 spiro atoms. The minimum absolute atomic E-state index is 0. The summed E-state index contributed by atoms with van der Waals surface area (Å²) in [6.45, 7) is 8.21. The van der Waals surface area contributed by atoms with E-state index in [0.29, 0.717) is 72.0 Å². The van der Waals surface area contributed by atoms with Gasteiger partial charge in [0, 0.05) is 108 Å². The maximum absolute atomic E-state index is 11.8. The first-order valence-corrected chi connectivity index (χ1v) is 16.3. The standard InChI is InChI=1S/C32H44N10O4.Lu/c43-29(44)22-40-15-11-38-12-16-41(23-30(45)46)18-14-39(13-17-40)20-26-5-2-6-28(35-26)32-31(24-7-9-33-10-8-24)36-37-42(32)21-27-4-1-3-25(19-38)34-27;/h1-6,24,33H,7-23H2,(H,43,44)(H,45,46);. The Morgan fingerprint density at radius 1 is 0.723 bits per heavy atom. The fourth-order valence-corrected chi connectivity index (χ4v) is 6.68. The third-order valence-corrected chi connectivity index (χ3v) is 9.13. The van der Waals surface area contributed by atoms with E-state index in [0.717, 1.165) is 60.1 Å². The minimum Gasteiger partial charge on any atom is -0.480 e. The second-order valence-electron chi connectivity index (χ2n) is 12.5. The number of rotatable bonds is 5. The smallest absolute Gasteiger partial charge is 0.317 e. The van der Waals surface area contributed by atoms with Crippen molar-refractivity contribution in [2.45, 2.75) is 38.4 Å². The molecule has 4 aliphatic heterocycles. The molecule has 0 aromatic carbocycles. The number of carboxylic acids is 2. The van der Waals surface area contributed by atoms with Crippen LogP contribution < -0.4 is 5.32 Å². The van der Waals surface area contributed by atoms with Crippen molar-refractivity contribution in [1.29, 1.82) is 0 Å². The predicted molar refractivity (Wildman–Crippen MR) is 170 cm³/mol. The fraction of sp³-hybridized carbons (Fsp3) is 0.562. The van der Waals surface area contributed by atoms with Gasteiger partial charge in [0.15, 0.2) is 0 Å². The number of carboxylic acid groups (broad SMARTS) is 2. The van der Waals surface area contributed by atoms with Gasteiger partial charge < -0.3 is 15.5 Å². The van der Waals surface area contributed by atoms with E-state index in [4.69, 9.17) is 15.1 Å². The SMILES string of the molecule is O=C(O)CN1CCN2CCN(CC(=O)O)CCN(CC1)Cc1cccc(n1)-c1c(C3CCNCC3)nnn1Cc1cccc(n1)C2.[Lu]. The molecule has 0 unspecified atom stereocenters. The second kappa shape index (κ2) is 17.2. The number of fused-ring (bicyclic) bond motifs is 8. The van der Waals surface area contributed by atoms with Gasteiger partial charge in [-0.15, -0.1) is 5.10 Å². The van der Waals surface area contributed by atoms with Crippen LogP contribution in [0.1, 0.15) is 41.5 Å². The number of aliphatic carboxylic acids is 2. The summed E-state index contributed by atoms with van der Waals surface area (Å²) in [6.07, 6.45) is 1.98. The number of nitrogens with zero attached hydrogens (tertiary/aromatic N) is 9. The largest absolute Gasteiger partial charge is 0.480 e. The summed E-state index contributed by atoms with van der Waals surface area (Å²) in [7, 11) is 0. The zero-order chi connectivity index (χ0) is 31.9. The van der Waals surface area contributed by atoms with Crippen molar-refractivity contribution in [3.05, 3.63) is 59.2 Å². The van der Waals surface area contributed by atoms with Gasteiger partial charge in [-0.3, -0.25) is 34.2 Å². The summed E-state index contributed by atoms with van der Waals surface area (Å²) in [5, 5.41) is 32.2. The average molecular weight is 808 g/mol. The Balaban J connectivity index is 0.00000433. The van der Waals surface area contributed by atoms with Gasteiger partial charge in [0.05, 0.1) is 48.1 Å². The van der Waals surface area contributed by atoms with Gasteiger partial charge in [0.25, 0.3) is 0 Å². The van der Waals surface area contributed by atoms with Gasteiger partial charge in [0.1, 0.15) is 5.69 Å². The molecule has 15 heteroatoms. The Morgan fingerprint density at radius 3 is 1.79 bits per heavy atom. The fourth-order valence-electron chi connectivity index (χ4n) is 6.68. The summed E-state index contributed by atoms with van der Waals surface area (Å²) in [6, 6.07) is 12.1. The normalized spacial score (nSPS) is 22.0. The molecule has 261 valence electrons. The van der Waals surface area contributed by atoms with Gasteiger partial charge in [0.2, 0.25) is 0 Å². The van der Waals surface area contributed by atoms with E-state index in [1.807, 2.05) is 50.9 Å². The molecular weight excluding hydrogens is 763 g/mol. The van der Waals surface area contributed by atoms with Crippen molar-refractivity contribution in [3.8, 4) is 11.4 Å². The molecule has 2 saturated heterocycles. The first-order valence-electron chi connectivity index (χ1n) is 16.3. The van der Waals surface area contributed by atoms with Crippen LogP contribution in [0.2, 0.25) is 0 Å². The van der Waals surface area contributed by atoms with Crippen LogP contribution in [0.3, 0.4) is 0 Å². The molecule has 0 aliphatic carbocycles. The molecule has 7 rings (SSSR count). The first-order chi connectivity index (χ1) is 22.4. The summed E-state index contributed by atoms with van der Waals surface area (Å²) in [4.78, 5) is 42.3. The molecule has 3 aromatic heterocycles. The molecule has 3 aromatic rings. The maximum Gasteiger partial charge on any atom is 0.317 e. The number of aromatic nitrogens is 5. The maximum atomic E-state index is 11.8. The zero-order valence-corrected chi connectivity index (χ0v) is 28.2. The molecule has 0 saturated carbocycles. The Labute approximate surface area is 304 Å². The molecule has 4 aliphatic rings. The van der Waals surface area contributed by atoms with Crippen LogP contribution in [0.4, 0.5) is 0 Å². The molecule has 0 amide bonds. The van der Waals surface area contributed by atoms with Gasteiger partial charge in [-0.25, -0.2) is 9.67 Å². The van der Waals surface area contributed by atoms with Crippen molar-refractivity contribution in [1.82, 2.24) is 49.9 Å². The van der Waals surface area contributed by atoms with Gasteiger partial charge >= 0.3 is 11.9 Å². The van der Waals surface area contributed by atoms with Crippen LogP contribution in [0.25, 0.3) is 11.4 Å². The molecular formula is C32H44LuN10O4. The Hall–Kier alpha value is -2.59. The molecule has 3 N–H and O–H groups in total. The molecule has 2 fully saturated rings. The number of piperidine rings is 1. The molecule has 47 heavy (non-hydrogen) atoms. The molecule has 7 heterocycles. The second-order valence-corrected chi connectivity index (χ2v) is 12.5. The van der Waals surface area contributed by atoms with Gasteiger partial charge in [-0.05, 0) is 50.2 Å². The van der Waals surface area contributed by atoms with Crippen LogP contribution in [0.15, 0.2) is 36.4 Å². The van der Waals surface area contributed by atoms with Crippen LogP contribution in [-0.2, 0) is 29.2 Å². The van der Waals surface area contributed by atoms with E-state index in [2.05, 4.69) is 20.3 Å². The van der Waals surface area contributed by atoms with Crippen molar-refractivity contribution < 1.29 is 56.7 Å². The number of pyridine rings is 2. The van der Waals surface area contributed by atoms with E-state index >= 15 is 0 Å². The Bertz CT molecular complexity index is 1470. The topological polar surface area (TPSA) is 156 Å². The quantitative estimate of drug-likeness (QED) is 0.331. The van der Waals surface area contributed by atoms with Crippen molar-refractivity contribution in [2.75, 3.05) is 78.5 Å². The van der Waals surface area contributed by atoms with Crippen molar-refractivity contribution in [2.24, 2.45) is 0 Å². The Kier molecular flexibility index (Phi) is 13.1. The van der Waals surface area contributed by atoms with Gasteiger partial charge in [-0.2, -0.15) is 0 Å². The van der Waals surface area contributed by atoms with E-state index in [-0.39, 0.29) is 55.9 Å². The third-order valence-electron chi connectivity index (χ3n) is 9.13. The molecule has 14 nitrogen and oxygen atoms in total. The van der Waals surface area contributed by atoms with Crippen LogP contribution in [-0.4, -0.2) is 145 Å². The minimum atomic E-state index is -0.849. The molecule has 6 bridgehead atoms. The summed E-state index contributed by atoms with van der Waals surface area (Å²) < 4.78 is 1.95. The zero-order valence-electron chi connectivity index (χ0n) is 26.6. The van der Waals surface area contributed by atoms with E-state index in [9.17, 15) is 19.8 Å².